The van der Waals surface area contributed by atoms with E-state index >= 15 is 0 Å². The van der Waals surface area contributed by atoms with Gasteiger partial charge in [0.1, 0.15) is 29.5 Å². The minimum absolute atomic E-state index is 0.00908. The summed E-state index contributed by atoms with van der Waals surface area (Å²) in [5, 5.41) is 15.6. The molecule has 2 rings (SSSR count). The average Bonchev–Trinajstić information content (AvgIpc) is 3.00. The summed E-state index contributed by atoms with van der Waals surface area (Å²) in [6, 6.07) is 9.80. The number of urea groups is 1. The number of anilines is 1. The Morgan fingerprint density at radius 3 is 2.62 bits per heavy atom. The molecule has 24 heavy (non-hydrogen) atoms. The second kappa shape index (κ2) is 7.57. The van der Waals surface area contributed by atoms with Gasteiger partial charge >= 0.3 is 6.03 Å². The molecule has 0 bridgehead atoms. The number of hydrogen-bond acceptors (Lipinski definition) is 4. The van der Waals surface area contributed by atoms with E-state index in [-0.39, 0.29) is 13.2 Å². The predicted molar refractivity (Wildman–Crippen MR) is 90.8 cm³/mol. The van der Waals surface area contributed by atoms with Crippen LogP contribution in [0.1, 0.15) is 18.4 Å². The first-order valence-electron chi connectivity index (χ1n) is 7.41. The van der Waals surface area contributed by atoms with Crippen molar-refractivity contribution >= 4 is 11.7 Å². The molecule has 0 aliphatic carbocycles. The molecule has 1 atom stereocenters. The van der Waals surface area contributed by atoms with Crippen LogP contribution in [-0.2, 0) is 5.60 Å². The fourth-order valence-electron chi connectivity index (χ4n) is 2.00. The number of hydrogen-bond donors (Lipinski definition) is 3. The summed E-state index contributed by atoms with van der Waals surface area (Å²) in [5.74, 6) is 4.09. The number of amides is 2. The molecule has 3 N–H and O–H groups in total. The Morgan fingerprint density at radius 2 is 2.04 bits per heavy atom. The number of rotatable bonds is 6. The number of nitrogens with one attached hydrogen (secondary N) is 2. The first-order chi connectivity index (χ1) is 11.4. The number of furan rings is 1. The van der Waals surface area contributed by atoms with Gasteiger partial charge in [0.15, 0.2) is 0 Å². The highest BCUT2D eigenvalue weighted by Crippen LogP contribution is 2.22. The number of aliphatic hydroxyl groups is 1. The largest absolute Gasteiger partial charge is 0.481 e. The van der Waals surface area contributed by atoms with Crippen molar-refractivity contribution in [3.8, 4) is 18.1 Å². The second-order valence-corrected chi connectivity index (χ2v) is 5.51. The maximum atomic E-state index is 11.9. The molecular weight excluding hydrogens is 308 g/mol. The minimum atomic E-state index is -1.29. The summed E-state index contributed by atoms with van der Waals surface area (Å²) in [6.07, 6.45) is 5.12. The lowest BCUT2D eigenvalue weighted by Gasteiger charge is -2.21. The SMILES string of the molecule is C#CCOc1ccc(NC(=O)NCC(C)(O)c2ccc(C)o2)cc1. The lowest BCUT2D eigenvalue weighted by molar-refractivity contribution is 0.0364. The summed E-state index contributed by atoms with van der Waals surface area (Å²) >= 11 is 0. The van der Waals surface area contributed by atoms with E-state index in [2.05, 4.69) is 16.6 Å². The highest BCUT2D eigenvalue weighted by atomic mass is 16.5. The fourth-order valence-corrected chi connectivity index (χ4v) is 2.00. The molecular formula is C18H20N2O4. The third kappa shape index (κ3) is 4.80. The van der Waals surface area contributed by atoms with Crippen molar-refractivity contribution in [3.05, 3.63) is 47.9 Å². The first kappa shape index (κ1) is 17.4. The van der Waals surface area contributed by atoms with Crippen LogP contribution in [0.25, 0.3) is 0 Å². The van der Waals surface area contributed by atoms with E-state index in [0.29, 0.717) is 23.0 Å². The lowest BCUT2D eigenvalue weighted by Crippen LogP contribution is -2.40. The van der Waals surface area contributed by atoms with E-state index in [9.17, 15) is 9.90 Å². The molecule has 0 aliphatic heterocycles. The predicted octanol–water partition coefficient (Wildman–Crippen LogP) is 2.63. The van der Waals surface area contributed by atoms with Crippen LogP contribution in [0, 0.1) is 19.3 Å². The third-order valence-corrected chi connectivity index (χ3v) is 3.30. The molecule has 1 aromatic carbocycles. The molecule has 0 spiro atoms. The minimum Gasteiger partial charge on any atom is -0.481 e. The van der Waals surface area contributed by atoms with Crippen LogP contribution < -0.4 is 15.4 Å². The number of terminal acetylenes is 1. The van der Waals surface area contributed by atoms with Crippen LogP contribution in [0.3, 0.4) is 0 Å². The van der Waals surface area contributed by atoms with Crippen molar-refractivity contribution in [2.45, 2.75) is 19.4 Å². The van der Waals surface area contributed by atoms with E-state index < -0.39 is 11.6 Å². The topological polar surface area (TPSA) is 83.7 Å². The van der Waals surface area contributed by atoms with Crippen LogP contribution in [0.2, 0.25) is 0 Å². The van der Waals surface area contributed by atoms with E-state index in [1.54, 1.807) is 50.2 Å². The average molecular weight is 328 g/mol. The Bertz CT molecular complexity index is 726. The monoisotopic (exact) mass is 328 g/mol. The molecule has 1 heterocycles. The van der Waals surface area contributed by atoms with Crippen molar-refractivity contribution in [3.63, 3.8) is 0 Å². The summed E-state index contributed by atoms with van der Waals surface area (Å²) in [6.45, 7) is 3.56. The summed E-state index contributed by atoms with van der Waals surface area (Å²) in [7, 11) is 0. The number of carbonyl (C=O) groups excluding carboxylic acids is 1. The molecule has 2 aromatic rings. The molecule has 0 saturated carbocycles. The number of benzene rings is 1. The fraction of sp³-hybridized carbons (Fsp3) is 0.278. The van der Waals surface area contributed by atoms with Gasteiger partial charge in [-0.2, -0.15) is 0 Å². The van der Waals surface area contributed by atoms with E-state index in [1.807, 2.05) is 0 Å². The van der Waals surface area contributed by atoms with Crippen LogP contribution in [0.15, 0.2) is 40.8 Å². The van der Waals surface area contributed by atoms with Crippen LogP contribution in [0.5, 0.6) is 5.75 Å². The van der Waals surface area contributed by atoms with Crippen molar-refractivity contribution in [1.29, 1.82) is 0 Å². The number of carbonyl (C=O) groups is 1. The lowest BCUT2D eigenvalue weighted by atomic mass is 10.0. The molecule has 0 aliphatic rings. The van der Waals surface area contributed by atoms with Crippen LogP contribution in [0.4, 0.5) is 10.5 Å². The highest BCUT2D eigenvalue weighted by molar-refractivity contribution is 5.89. The third-order valence-electron chi connectivity index (χ3n) is 3.30. The van der Waals surface area contributed by atoms with Crippen molar-refractivity contribution in [2.75, 3.05) is 18.5 Å². The van der Waals surface area contributed by atoms with Crippen molar-refractivity contribution < 1.29 is 19.1 Å². The van der Waals surface area contributed by atoms with Gasteiger partial charge in [-0.3, -0.25) is 0 Å². The van der Waals surface area contributed by atoms with Gasteiger partial charge in [0, 0.05) is 5.69 Å². The van der Waals surface area contributed by atoms with E-state index in [4.69, 9.17) is 15.6 Å². The Hall–Kier alpha value is -2.91. The molecule has 1 aromatic heterocycles. The molecule has 2 amide bonds. The van der Waals surface area contributed by atoms with Gasteiger partial charge in [0.05, 0.1) is 6.54 Å². The van der Waals surface area contributed by atoms with Gasteiger partial charge < -0.3 is 24.9 Å². The molecule has 1 unspecified atom stereocenters. The summed E-state index contributed by atoms with van der Waals surface area (Å²) in [4.78, 5) is 11.9. The van der Waals surface area contributed by atoms with Crippen LogP contribution in [-0.4, -0.2) is 24.3 Å². The van der Waals surface area contributed by atoms with Crippen LogP contribution >= 0.6 is 0 Å². The Balaban J connectivity index is 1.86. The standard InChI is InChI=1S/C18H20N2O4/c1-4-11-23-15-8-6-14(7-9-15)20-17(21)19-12-18(3,22)16-10-5-13(2)24-16/h1,5-10,22H,11-12H2,2-3H3,(H2,19,20,21). The Kier molecular flexibility index (Phi) is 5.51. The number of aryl methyl sites for hydroxylation is 1. The zero-order valence-electron chi connectivity index (χ0n) is 13.6. The van der Waals surface area contributed by atoms with Gasteiger partial charge in [-0.1, -0.05) is 5.92 Å². The summed E-state index contributed by atoms with van der Waals surface area (Å²) in [5.41, 5.74) is -0.701. The van der Waals surface area contributed by atoms with Gasteiger partial charge in [0.25, 0.3) is 0 Å². The smallest absolute Gasteiger partial charge is 0.319 e. The first-order valence-corrected chi connectivity index (χ1v) is 7.41. The maximum absolute atomic E-state index is 11.9. The molecule has 126 valence electrons. The molecule has 6 heteroatoms. The van der Waals surface area contributed by atoms with E-state index in [0.717, 1.165) is 0 Å². The van der Waals surface area contributed by atoms with Crippen molar-refractivity contribution in [2.24, 2.45) is 0 Å². The Morgan fingerprint density at radius 1 is 1.33 bits per heavy atom. The van der Waals surface area contributed by atoms with Gasteiger partial charge in [-0.15, -0.1) is 6.42 Å². The zero-order valence-corrected chi connectivity index (χ0v) is 13.6. The Labute approximate surface area is 140 Å². The van der Waals surface area contributed by atoms with E-state index in [1.165, 1.54) is 0 Å². The van der Waals surface area contributed by atoms with Gasteiger partial charge in [-0.05, 0) is 50.2 Å². The molecule has 0 saturated heterocycles. The molecule has 6 nitrogen and oxygen atoms in total. The summed E-state index contributed by atoms with van der Waals surface area (Å²) < 4.78 is 10.6. The quantitative estimate of drug-likeness (QED) is 0.712. The number of ether oxygens (including phenoxy) is 1. The second-order valence-electron chi connectivity index (χ2n) is 5.51. The molecule has 0 fully saturated rings. The maximum Gasteiger partial charge on any atom is 0.319 e. The normalized spacial score (nSPS) is 12.8. The molecule has 0 radical (unpaired) electrons. The zero-order chi connectivity index (χ0) is 17.6. The van der Waals surface area contributed by atoms with Gasteiger partial charge in [-0.25, -0.2) is 4.79 Å². The highest BCUT2D eigenvalue weighted by Gasteiger charge is 2.27. The van der Waals surface area contributed by atoms with Gasteiger partial charge in [0.2, 0.25) is 0 Å². The van der Waals surface area contributed by atoms with Crippen molar-refractivity contribution in [1.82, 2.24) is 5.32 Å².